The molecular weight excluding hydrogens is 178 g/mol. The molecule has 0 bridgehead atoms. The van der Waals surface area contributed by atoms with Gasteiger partial charge in [0.1, 0.15) is 0 Å². The SMILES string of the molecule is COC(=O)C(C)(C)CNCC=C(C)C. The lowest BCUT2D eigenvalue weighted by atomic mass is 9.94. The molecule has 0 aliphatic carbocycles. The quantitative estimate of drug-likeness (QED) is 0.416. The number of rotatable bonds is 5. The number of ether oxygens (including phenoxy) is 1. The Kier molecular flexibility index (Phi) is 5.46. The molecule has 0 heterocycles. The number of nitrogens with one attached hydrogen (secondary N) is 1. The van der Waals surface area contributed by atoms with Crippen molar-refractivity contribution in [3.05, 3.63) is 11.6 Å². The summed E-state index contributed by atoms with van der Waals surface area (Å²) in [7, 11) is 1.42. The molecule has 0 unspecified atom stereocenters. The molecule has 0 saturated heterocycles. The van der Waals surface area contributed by atoms with E-state index in [2.05, 4.69) is 11.4 Å². The predicted octanol–water partition coefficient (Wildman–Crippen LogP) is 1.74. The lowest BCUT2D eigenvalue weighted by Gasteiger charge is -2.21. The highest BCUT2D eigenvalue weighted by atomic mass is 16.5. The van der Waals surface area contributed by atoms with Gasteiger partial charge in [-0.15, -0.1) is 0 Å². The van der Waals surface area contributed by atoms with Crippen LogP contribution in [0, 0.1) is 5.41 Å². The van der Waals surface area contributed by atoms with E-state index in [1.54, 1.807) is 0 Å². The van der Waals surface area contributed by atoms with Crippen LogP contribution in [0.4, 0.5) is 0 Å². The summed E-state index contributed by atoms with van der Waals surface area (Å²) >= 11 is 0. The topological polar surface area (TPSA) is 38.3 Å². The highest BCUT2D eigenvalue weighted by molar-refractivity contribution is 5.76. The average molecular weight is 199 g/mol. The van der Waals surface area contributed by atoms with Crippen molar-refractivity contribution in [2.24, 2.45) is 5.41 Å². The predicted molar refractivity (Wildman–Crippen MR) is 58.1 cm³/mol. The fourth-order valence-electron chi connectivity index (χ4n) is 1.01. The Balaban J connectivity index is 3.88. The second-order valence-corrected chi connectivity index (χ2v) is 4.29. The van der Waals surface area contributed by atoms with Gasteiger partial charge in [0.05, 0.1) is 12.5 Å². The molecule has 3 nitrogen and oxygen atoms in total. The first-order valence-electron chi connectivity index (χ1n) is 4.82. The van der Waals surface area contributed by atoms with Gasteiger partial charge in [-0.05, 0) is 27.7 Å². The first kappa shape index (κ1) is 13.2. The van der Waals surface area contributed by atoms with Gasteiger partial charge in [-0.2, -0.15) is 0 Å². The molecule has 0 aromatic heterocycles. The van der Waals surface area contributed by atoms with Crippen LogP contribution in [0.2, 0.25) is 0 Å². The smallest absolute Gasteiger partial charge is 0.312 e. The third-order valence-corrected chi connectivity index (χ3v) is 1.96. The van der Waals surface area contributed by atoms with Gasteiger partial charge in [-0.25, -0.2) is 0 Å². The zero-order valence-electron chi connectivity index (χ0n) is 9.81. The van der Waals surface area contributed by atoms with Crippen LogP contribution in [0.25, 0.3) is 0 Å². The molecule has 0 rings (SSSR count). The number of allylic oxidation sites excluding steroid dienone is 1. The largest absolute Gasteiger partial charge is 0.469 e. The Labute approximate surface area is 86.5 Å². The maximum absolute atomic E-state index is 11.3. The summed E-state index contributed by atoms with van der Waals surface area (Å²) < 4.78 is 4.70. The Morgan fingerprint density at radius 1 is 1.43 bits per heavy atom. The fraction of sp³-hybridized carbons (Fsp3) is 0.727. The summed E-state index contributed by atoms with van der Waals surface area (Å²) in [5.74, 6) is -0.179. The van der Waals surface area contributed by atoms with E-state index in [9.17, 15) is 4.79 Å². The number of esters is 1. The Hall–Kier alpha value is -0.830. The van der Waals surface area contributed by atoms with Crippen LogP contribution in [0.15, 0.2) is 11.6 Å². The van der Waals surface area contributed by atoms with Gasteiger partial charge in [0.25, 0.3) is 0 Å². The monoisotopic (exact) mass is 199 g/mol. The minimum Gasteiger partial charge on any atom is -0.469 e. The van der Waals surface area contributed by atoms with E-state index < -0.39 is 5.41 Å². The molecule has 1 N–H and O–H groups in total. The van der Waals surface area contributed by atoms with E-state index in [0.29, 0.717) is 6.54 Å². The summed E-state index contributed by atoms with van der Waals surface area (Å²) in [6.07, 6.45) is 2.09. The lowest BCUT2D eigenvalue weighted by Crippen LogP contribution is -2.37. The van der Waals surface area contributed by atoms with Gasteiger partial charge in [-0.3, -0.25) is 4.79 Å². The van der Waals surface area contributed by atoms with E-state index in [4.69, 9.17) is 4.74 Å². The third kappa shape index (κ3) is 5.02. The average Bonchev–Trinajstić information content (AvgIpc) is 2.10. The fourth-order valence-corrected chi connectivity index (χ4v) is 1.01. The molecule has 0 aromatic carbocycles. The maximum Gasteiger partial charge on any atom is 0.312 e. The molecule has 0 aliphatic heterocycles. The zero-order chi connectivity index (χ0) is 11.2. The standard InChI is InChI=1S/C11H21NO2/c1-9(2)6-7-12-8-11(3,4)10(13)14-5/h6,12H,7-8H2,1-5H3. The number of carbonyl (C=O) groups is 1. The third-order valence-electron chi connectivity index (χ3n) is 1.96. The zero-order valence-corrected chi connectivity index (χ0v) is 9.81. The van der Waals surface area contributed by atoms with E-state index in [1.165, 1.54) is 12.7 Å². The van der Waals surface area contributed by atoms with Crippen molar-refractivity contribution in [1.29, 1.82) is 0 Å². The van der Waals surface area contributed by atoms with Gasteiger partial charge in [0.2, 0.25) is 0 Å². The Bertz CT molecular complexity index is 215. The first-order valence-corrected chi connectivity index (χ1v) is 4.82. The second kappa shape index (κ2) is 5.81. The molecule has 0 amide bonds. The first-order chi connectivity index (χ1) is 6.40. The van der Waals surface area contributed by atoms with Gasteiger partial charge >= 0.3 is 5.97 Å². The van der Waals surface area contributed by atoms with Crippen molar-refractivity contribution in [2.75, 3.05) is 20.2 Å². The van der Waals surface area contributed by atoms with Crippen LogP contribution < -0.4 is 5.32 Å². The minimum atomic E-state index is -0.454. The number of methoxy groups -OCH3 is 1. The summed E-state index contributed by atoms with van der Waals surface area (Å²) in [6, 6.07) is 0. The van der Waals surface area contributed by atoms with Crippen molar-refractivity contribution in [3.8, 4) is 0 Å². The molecule has 0 spiro atoms. The molecule has 0 aliphatic rings. The Morgan fingerprint density at radius 2 is 2.00 bits per heavy atom. The van der Waals surface area contributed by atoms with E-state index >= 15 is 0 Å². The minimum absolute atomic E-state index is 0.179. The number of carbonyl (C=O) groups excluding carboxylic acids is 1. The molecule has 0 fully saturated rings. The molecule has 82 valence electrons. The van der Waals surface area contributed by atoms with E-state index in [1.807, 2.05) is 27.7 Å². The van der Waals surface area contributed by atoms with Crippen LogP contribution in [-0.4, -0.2) is 26.2 Å². The summed E-state index contributed by atoms with van der Waals surface area (Å²) in [4.78, 5) is 11.3. The molecule has 0 radical (unpaired) electrons. The second-order valence-electron chi connectivity index (χ2n) is 4.29. The molecule has 0 aromatic rings. The Morgan fingerprint density at radius 3 is 2.43 bits per heavy atom. The summed E-state index contributed by atoms with van der Waals surface area (Å²) in [5, 5.41) is 3.20. The van der Waals surface area contributed by atoms with Crippen LogP contribution >= 0.6 is 0 Å². The number of hydrogen-bond donors (Lipinski definition) is 1. The van der Waals surface area contributed by atoms with Gasteiger partial charge in [-0.1, -0.05) is 11.6 Å². The lowest BCUT2D eigenvalue weighted by molar-refractivity contribution is -0.150. The van der Waals surface area contributed by atoms with Gasteiger partial charge in [0.15, 0.2) is 0 Å². The number of hydrogen-bond acceptors (Lipinski definition) is 3. The van der Waals surface area contributed by atoms with E-state index in [0.717, 1.165) is 6.54 Å². The molecule has 14 heavy (non-hydrogen) atoms. The summed E-state index contributed by atoms with van der Waals surface area (Å²) in [6.45, 7) is 9.26. The van der Waals surface area contributed by atoms with Crippen molar-refractivity contribution in [1.82, 2.24) is 5.32 Å². The van der Waals surface area contributed by atoms with Crippen molar-refractivity contribution < 1.29 is 9.53 Å². The van der Waals surface area contributed by atoms with E-state index in [-0.39, 0.29) is 5.97 Å². The molecule has 0 saturated carbocycles. The van der Waals surface area contributed by atoms with Crippen LogP contribution in [0.5, 0.6) is 0 Å². The van der Waals surface area contributed by atoms with Gasteiger partial charge in [0, 0.05) is 13.1 Å². The van der Waals surface area contributed by atoms with Crippen LogP contribution in [0.3, 0.4) is 0 Å². The molecular formula is C11H21NO2. The van der Waals surface area contributed by atoms with Crippen molar-refractivity contribution in [3.63, 3.8) is 0 Å². The van der Waals surface area contributed by atoms with Crippen LogP contribution in [-0.2, 0) is 9.53 Å². The van der Waals surface area contributed by atoms with Gasteiger partial charge < -0.3 is 10.1 Å². The molecule has 3 heteroatoms. The molecule has 0 atom stereocenters. The highest BCUT2D eigenvalue weighted by Gasteiger charge is 2.27. The van der Waals surface area contributed by atoms with Crippen molar-refractivity contribution in [2.45, 2.75) is 27.7 Å². The normalized spacial score (nSPS) is 10.9. The van der Waals surface area contributed by atoms with Crippen molar-refractivity contribution >= 4 is 5.97 Å². The highest BCUT2D eigenvalue weighted by Crippen LogP contribution is 2.14. The van der Waals surface area contributed by atoms with Crippen LogP contribution in [0.1, 0.15) is 27.7 Å². The summed E-state index contributed by atoms with van der Waals surface area (Å²) in [5.41, 5.74) is 0.818. The maximum atomic E-state index is 11.3.